The van der Waals surface area contributed by atoms with Gasteiger partial charge in [0, 0.05) is 55.9 Å². The maximum absolute atomic E-state index is 10.7. The van der Waals surface area contributed by atoms with E-state index in [9.17, 15) is 10.1 Å². The van der Waals surface area contributed by atoms with E-state index in [-0.39, 0.29) is 10.6 Å². The third kappa shape index (κ3) is 4.37. The molecule has 0 bridgehead atoms. The maximum atomic E-state index is 10.7. The summed E-state index contributed by atoms with van der Waals surface area (Å²) < 4.78 is 0. The Balaban J connectivity index is 1.55. The standard InChI is InChI=1S/C19H22ClN3O2/c1-15(18-4-2-3-5-19(18)20)22-12-10-21(11-13-22)14-16-6-8-17(9-7-16)23(24)25/h2-9,15H,10-14H2,1H3. The lowest BCUT2D eigenvalue weighted by atomic mass is 10.1. The molecule has 1 atom stereocenters. The van der Waals surface area contributed by atoms with Gasteiger partial charge >= 0.3 is 0 Å². The summed E-state index contributed by atoms with van der Waals surface area (Å²) in [6.45, 7) is 6.95. The Labute approximate surface area is 153 Å². The van der Waals surface area contributed by atoms with Gasteiger partial charge in [0.05, 0.1) is 4.92 Å². The predicted molar refractivity (Wildman–Crippen MR) is 99.8 cm³/mol. The normalized spacial score (nSPS) is 17.4. The van der Waals surface area contributed by atoms with E-state index in [4.69, 9.17) is 11.6 Å². The second-order valence-electron chi connectivity index (χ2n) is 6.43. The van der Waals surface area contributed by atoms with E-state index in [0.717, 1.165) is 43.3 Å². The molecule has 1 fully saturated rings. The first kappa shape index (κ1) is 17.9. The van der Waals surface area contributed by atoms with Gasteiger partial charge in [0.15, 0.2) is 0 Å². The summed E-state index contributed by atoms with van der Waals surface area (Å²) in [5, 5.41) is 11.5. The molecule has 25 heavy (non-hydrogen) atoms. The van der Waals surface area contributed by atoms with Crippen molar-refractivity contribution in [3.05, 3.63) is 74.8 Å². The molecule has 0 aliphatic carbocycles. The molecule has 2 aromatic rings. The fourth-order valence-electron chi connectivity index (χ4n) is 3.30. The Morgan fingerprint density at radius 2 is 1.72 bits per heavy atom. The van der Waals surface area contributed by atoms with Crippen molar-refractivity contribution >= 4 is 17.3 Å². The number of piperazine rings is 1. The molecule has 1 aliphatic heterocycles. The molecule has 0 aromatic heterocycles. The second-order valence-corrected chi connectivity index (χ2v) is 6.84. The molecule has 0 saturated carbocycles. The molecule has 1 aliphatic rings. The quantitative estimate of drug-likeness (QED) is 0.595. The summed E-state index contributed by atoms with van der Waals surface area (Å²) in [5.74, 6) is 0. The summed E-state index contributed by atoms with van der Waals surface area (Å²) in [4.78, 5) is 15.2. The van der Waals surface area contributed by atoms with E-state index >= 15 is 0 Å². The molecule has 0 radical (unpaired) electrons. The van der Waals surface area contributed by atoms with Crippen molar-refractivity contribution in [2.24, 2.45) is 0 Å². The highest BCUT2D eigenvalue weighted by Gasteiger charge is 2.23. The molecule has 1 unspecified atom stereocenters. The first-order chi connectivity index (χ1) is 12.0. The lowest BCUT2D eigenvalue weighted by molar-refractivity contribution is -0.384. The van der Waals surface area contributed by atoms with Crippen LogP contribution >= 0.6 is 11.6 Å². The van der Waals surface area contributed by atoms with Crippen molar-refractivity contribution < 1.29 is 4.92 Å². The van der Waals surface area contributed by atoms with Crippen molar-refractivity contribution in [3.63, 3.8) is 0 Å². The highest BCUT2D eigenvalue weighted by atomic mass is 35.5. The minimum absolute atomic E-state index is 0.141. The van der Waals surface area contributed by atoms with Crippen LogP contribution < -0.4 is 0 Å². The van der Waals surface area contributed by atoms with Crippen molar-refractivity contribution in [3.8, 4) is 0 Å². The fourth-order valence-corrected chi connectivity index (χ4v) is 3.59. The van der Waals surface area contributed by atoms with Gasteiger partial charge in [0.2, 0.25) is 0 Å². The molecule has 3 rings (SSSR count). The van der Waals surface area contributed by atoms with Gasteiger partial charge in [0.25, 0.3) is 5.69 Å². The number of benzene rings is 2. The van der Waals surface area contributed by atoms with Crippen LogP contribution in [0.1, 0.15) is 24.1 Å². The molecular weight excluding hydrogens is 338 g/mol. The van der Waals surface area contributed by atoms with Gasteiger partial charge < -0.3 is 0 Å². The first-order valence-electron chi connectivity index (χ1n) is 8.49. The highest BCUT2D eigenvalue weighted by molar-refractivity contribution is 6.31. The number of hydrogen-bond acceptors (Lipinski definition) is 4. The lowest BCUT2D eigenvalue weighted by Crippen LogP contribution is -2.46. The lowest BCUT2D eigenvalue weighted by Gasteiger charge is -2.38. The summed E-state index contributed by atoms with van der Waals surface area (Å²) in [5.41, 5.74) is 2.42. The largest absolute Gasteiger partial charge is 0.297 e. The zero-order valence-corrected chi connectivity index (χ0v) is 15.0. The van der Waals surface area contributed by atoms with Crippen LogP contribution in [-0.2, 0) is 6.54 Å². The highest BCUT2D eigenvalue weighted by Crippen LogP contribution is 2.28. The third-order valence-corrected chi connectivity index (χ3v) is 5.21. The number of hydrogen-bond donors (Lipinski definition) is 0. The van der Waals surface area contributed by atoms with Crippen LogP contribution in [0.25, 0.3) is 0 Å². The van der Waals surface area contributed by atoms with Crippen molar-refractivity contribution in [1.29, 1.82) is 0 Å². The topological polar surface area (TPSA) is 49.6 Å². The average Bonchev–Trinajstić information content (AvgIpc) is 2.63. The van der Waals surface area contributed by atoms with Gasteiger partial charge in [-0.25, -0.2) is 0 Å². The Morgan fingerprint density at radius 1 is 1.08 bits per heavy atom. The zero-order chi connectivity index (χ0) is 17.8. The average molecular weight is 360 g/mol. The molecule has 1 heterocycles. The molecule has 5 nitrogen and oxygen atoms in total. The number of rotatable bonds is 5. The number of halogens is 1. The molecule has 6 heteroatoms. The molecule has 132 valence electrons. The van der Waals surface area contributed by atoms with E-state index in [1.54, 1.807) is 12.1 Å². The van der Waals surface area contributed by atoms with Crippen molar-refractivity contribution in [2.45, 2.75) is 19.5 Å². The fraction of sp³-hybridized carbons (Fsp3) is 0.368. The summed E-state index contributed by atoms with van der Waals surface area (Å²) in [6.07, 6.45) is 0. The zero-order valence-electron chi connectivity index (χ0n) is 14.3. The monoisotopic (exact) mass is 359 g/mol. The van der Waals surface area contributed by atoms with Crippen LogP contribution in [0.15, 0.2) is 48.5 Å². The Hall–Kier alpha value is -1.95. The van der Waals surface area contributed by atoms with E-state index in [2.05, 4.69) is 22.8 Å². The van der Waals surface area contributed by atoms with Crippen LogP contribution in [-0.4, -0.2) is 40.9 Å². The van der Waals surface area contributed by atoms with Crippen LogP contribution in [0.2, 0.25) is 5.02 Å². The Bertz CT molecular complexity index is 728. The molecule has 2 aromatic carbocycles. The van der Waals surface area contributed by atoms with Crippen LogP contribution in [0.5, 0.6) is 0 Å². The van der Waals surface area contributed by atoms with Crippen LogP contribution in [0.4, 0.5) is 5.69 Å². The minimum Gasteiger partial charge on any atom is -0.297 e. The predicted octanol–water partition coefficient (Wildman–Crippen LogP) is 4.13. The summed E-state index contributed by atoms with van der Waals surface area (Å²) in [7, 11) is 0. The van der Waals surface area contributed by atoms with Gasteiger partial charge in [-0.05, 0) is 24.1 Å². The van der Waals surface area contributed by atoms with Gasteiger partial charge in [0.1, 0.15) is 0 Å². The first-order valence-corrected chi connectivity index (χ1v) is 8.86. The van der Waals surface area contributed by atoms with Gasteiger partial charge in [-0.2, -0.15) is 0 Å². The number of non-ortho nitro benzene ring substituents is 1. The minimum atomic E-state index is -0.362. The summed E-state index contributed by atoms with van der Waals surface area (Å²) >= 11 is 6.32. The maximum Gasteiger partial charge on any atom is 0.269 e. The molecule has 0 spiro atoms. The van der Waals surface area contributed by atoms with E-state index in [0.29, 0.717) is 6.04 Å². The van der Waals surface area contributed by atoms with Crippen molar-refractivity contribution in [1.82, 2.24) is 9.80 Å². The molecule has 1 saturated heterocycles. The Kier molecular flexibility index (Phi) is 5.68. The second kappa shape index (κ2) is 7.95. The number of nitro benzene ring substituents is 1. The van der Waals surface area contributed by atoms with Crippen LogP contribution in [0.3, 0.4) is 0 Å². The van der Waals surface area contributed by atoms with Gasteiger partial charge in [-0.15, -0.1) is 0 Å². The van der Waals surface area contributed by atoms with Gasteiger partial charge in [-0.3, -0.25) is 19.9 Å². The van der Waals surface area contributed by atoms with E-state index in [1.165, 1.54) is 5.56 Å². The number of nitrogens with zero attached hydrogens (tertiary/aromatic N) is 3. The number of nitro groups is 1. The smallest absolute Gasteiger partial charge is 0.269 e. The van der Waals surface area contributed by atoms with E-state index < -0.39 is 0 Å². The Morgan fingerprint density at radius 3 is 2.32 bits per heavy atom. The SMILES string of the molecule is CC(c1ccccc1Cl)N1CCN(Cc2ccc([N+](=O)[O-])cc2)CC1. The summed E-state index contributed by atoms with van der Waals surface area (Å²) in [6, 6.07) is 15.2. The molecule has 0 N–H and O–H groups in total. The molecule has 0 amide bonds. The third-order valence-electron chi connectivity index (χ3n) is 4.86. The van der Waals surface area contributed by atoms with Gasteiger partial charge in [-0.1, -0.05) is 41.9 Å². The molecular formula is C19H22ClN3O2. The van der Waals surface area contributed by atoms with E-state index in [1.807, 2.05) is 30.3 Å². The van der Waals surface area contributed by atoms with Crippen molar-refractivity contribution in [2.75, 3.05) is 26.2 Å². The van der Waals surface area contributed by atoms with Crippen LogP contribution in [0, 0.1) is 10.1 Å².